The molecule has 24 heavy (non-hydrogen) atoms. The number of nitrogens with one attached hydrogen (secondary N) is 2. The number of halogens is 1. The van der Waals surface area contributed by atoms with Crippen molar-refractivity contribution < 1.29 is 9.59 Å². The number of benzene rings is 2. The van der Waals surface area contributed by atoms with Gasteiger partial charge >= 0.3 is 0 Å². The predicted molar refractivity (Wildman–Crippen MR) is 99.4 cm³/mol. The second-order valence-corrected chi connectivity index (χ2v) is 6.62. The van der Waals surface area contributed by atoms with E-state index < -0.39 is 0 Å². The van der Waals surface area contributed by atoms with E-state index in [2.05, 4.69) is 22.8 Å². The van der Waals surface area contributed by atoms with E-state index in [9.17, 15) is 9.59 Å². The first kappa shape index (κ1) is 18.4. The van der Waals surface area contributed by atoms with Crippen LogP contribution in [0.15, 0.2) is 54.6 Å². The van der Waals surface area contributed by atoms with Crippen molar-refractivity contribution in [3.8, 4) is 0 Å². The summed E-state index contributed by atoms with van der Waals surface area (Å²) >= 11 is 7.52. The summed E-state index contributed by atoms with van der Waals surface area (Å²) in [6.45, 7) is 0.540. The molecule has 2 aromatic carbocycles. The number of amides is 2. The number of carbonyl (C=O) groups is 2. The first-order valence-electron chi connectivity index (χ1n) is 7.57. The summed E-state index contributed by atoms with van der Waals surface area (Å²) in [5, 5.41) is 5.94. The molecule has 0 aliphatic rings. The molecular formula is C18H19ClN2O2S. The zero-order valence-electron chi connectivity index (χ0n) is 13.1. The molecule has 0 saturated heterocycles. The Bertz CT molecular complexity index is 662. The lowest BCUT2D eigenvalue weighted by Crippen LogP contribution is -2.37. The Morgan fingerprint density at radius 2 is 1.67 bits per heavy atom. The third-order valence-electron chi connectivity index (χ3n) is 3.20. The molecule has 0 aliphatic carbocycles. The van der Waals surface area contributed by atoms with Crippen molar-refractivity contribution in [3.05, 3.63) is 70.7 Å². The normalized spacial score (nSPS) is 10.2. The molecule has 0 fully saturated rings. The summed E-state index contributed by atoms with van der Waals surface area (Å²) in [5.74, 6) is 1.26. The van der Waals surface area contributed by atoms with Gasteiger partial charge in [0.2, 0.25) is 5.91 Å². The van der Waals surface area contributed by atoms with Crippen LogP contribution < -0.4 is 10.6 Å². The maximum Gasteiger partial charge on any atom is 0.251 e. The Hall–Kier alpha value is -1.98. The maximum atomic E-state index is 11.9. The van der Waals surface area contributed by atoms with E-state index >= 15 is 0 Å². The van der Waals surface area contributed by atoms with Gasteiger partial charge < -0.3 is 10.6 Å². The van der Waals surface area contributed by atoms with Gasteiger partial charge in [-0.1, -0.05) is 41.9 Å². The van der Waals surface area contributed by atoms with Gasteiger partial charge in [0.05, 0.1) is 6.54 Å². The van der Waals surface area contributed by atoms with Crippen LogP contribution in [0.2, 0.25) is 5.02 Å². The monoisotopic (exact) mass is 362 g/mol. The van der Waals surface area contributed by atoms with E-state index in [-0.39, 0.29) is 18.4 Å². The van der Waals surface area contributed by atoms with Crippen molar-refractivity contribution in [2.24, 2.45) is 0 Å². The molecule has 2 aromatic rings. The lowest BCUT2D eigenvalue weighted by atomic mass is 10.2. The fourth-order valence-corrected chi connectivity index (χ4v) is 2.90. The van der Waals surface area contributed by atoms with Gasteiger partial charge in [0.25, 0.3) is 5.91 Å². The van der Waals surface area contributed by atoms with E-state index in [1.807, 2.05) is 18.2 Å². The quantitative estimate of drug-likeness (QED) is 0.709. The van der Waals surface area contributed by atoms with Crippen LogP contribution in [-0.4, -0.2) is 30.7 Å². The molecule has 0 spiro atoms. The predicted octanol–water partition coefficient (Wildman–Crippen LogP) is 3.12. The molecule has 0 atom stereocenters. The lowest BCUT2D eigenvalue weighted by Gasteiger charge is -2.07. The van der Waals surface area contributed by atoms with Gasteiger partial charge in [-0.05, 0) is 29.8 Å². The first-order valence-corrected chi connectivity index (χ1v) is 9.10. The van der Waals surface area contributed by atoms with Crippen molar-refractivity contribution in [2.45, 2.75) is 5.75 Å². The minimum Gasteiger partial charge on any atom is -0.354 e. The summed E-state index contributed by atoms with van der Waals surface area (Å²) in [7, 11) is 0. The van der Waals surface area contributed by atoms with Gasteiger partial charge in [0.1, 0.15) is 0 Å². The molecule has 0 saturated carbocycles. The molecule has 0 heterocycles. The van der Waals surface area contributed by atoms with Crippen LogP contribution >= 0.6 is 23.4 Å². The highest BCUT2D eigenvalue weighted by molar-refractivity contribution is 7.98. The second kappa shape index (κ2) is 10.0. The van der Waals surface area contributed by atoms with Crippen molar-refractivity contribution in [2.75, 3.05) is 18.8 Å². The number of hydrogen-bond acceptors (Lipinski definition) is 3. The molecule has 0 aliphatic heterocycles. The van der Waals surface area contributed by atoms with Crippen molar-refractivity contribution in [1.29, 1.82) is 0 Å². The van der Waals surface area contributed by atoms with Crippen LogP contribution in [0.5, 0.6) is 0 Å². The molecule has 0 aromatic heterocycles. The molecule has 2 N–H and O–H groups in total. The van der Waals surface area contributed by atoms with Crippen LogP contribution in [0.25, 0.3) is 0 Å². The van der Waals surface area contributed by atoms with Gasteiger partial charge in [-0.25, -0.2) is 0 Å². The minimum absolute atomic E-state index is 0.0369. The van der Waals surface area contributed by atoms with Crippen LogP contribution in [-0.2, 0) is 10.5 Å². The topological polar surface area (TPSA) is 58.2 Å². The minimum atomic E-state index is -0.291. The van der Waals surface area contributed by atoms with E-state index in [1.54, 1.807) is 36.0 Å². The van der Waals surface area contributed by atoms with Crippen molar-refractivity contribution in [3.63, 3.8) is 0 Å². The lowest BCUT2D eigenvalue weighted by molar-refractivity contribution is -0.120. The molecule has 126 valence electrons. The van der Waals surface area contributed by atoms with Crippen LogP contribution in [0.1, 0.15) is 15.9 Å². The molecule has 0 bridgehead atoms. The van der Waals surface area contributed by atoms with Crippen LogP contribution in [0.3, 0.4) is 0 Å². The number of rotatable bonds is 8. The fourth-order valence-electron chi connectivity index (χ4n) is 1.95. The molecular weight excluding hydrogens is 344 g/mol. The first-order chi connectivity index (χ1) is 11.6. The number of hydrogen-bond donors (Lipinski definition) is 2. The van der Waals surface area contributed by atoms with Crippen molar-refractivity contribution >= 4 is 35.2 Å². The Labute approximate surface area is 151 Å². The molecule has 6 heteroatoms. The summed E-state index contributed by atoms with van der Waals surface area (Å²) < 4.78 is 0. The Balaban J connectivity index is 1.58. The largest absolute Gasteiger partial charge is 0.354 e. The maximum absolute atomic E-state index is 11.9. The number of thioether (sulfide) groups is 1. The Morgan fingerprint density at radius 1 is 0.958 bits per heavy atom. The van der Waals surface area contributed by atoms with Crippen LogP contribution in [0, 0.1) is 0 Å². The van der Waals surface area contributed by atoms with E-state index in [0.717, 1.165) is 11.5 Å². The standard InChI is InChI=1S/C18H19ClN2O2S/c19-16-8-6-15(7-9-16)18(23)21-12-17(22)20-10-11-24-13-14-4-2-1-3-5-14/h1-9H,10-13H2,(H,20,22)(H,21,23). The van der Waals surface area contributed by atoms with E-state index in [0.29, 0.717) is 17.1 Å². The molecule has 4 nitrogen and oxygen atoms in total. The summed E-state index contributed by atoms with van der Waals surface area (Å²) in [6.07, 6.45) is 0. The van der Waals surface area contributed by atoms with Crippen LogP contribution in [0.4, 0.5) is 0 Å². The Morgan fingerprint density at radius 3 is 2.38 bits per heavy atom. The van der Waals surface area contributed by atoms with E-state index in [4.69, 9.17) is 11.6 Å². The van der Waals surface area contributed by atoms with E-state index in [1.165, 1.54) is 5.56 Å². The highest BCUT2D eigenvalue weighted by Crippen LogP contribution is 2.10. The third kappa shape index (κ3) is 6.64. The Kier molecular flexibility index (Phi) is 7.65. The molecule has 0 unspecified atom stereocenters. The van der Waals surface area contributed by atoms with Gasteiger partial charge in [-0.3, -0.25) is 9.59 Å². The SMILES string of the molecule is O=C(CNC(=O)c1ccc(Cl)cc1)NCCSCc1ccccc1. The second-order valence-electron chi connectivity index (χ2n) is 5.08. The average Bonchev–Trinajstić information content (AvgIpc) is 2.61. The highest BCUT2D eigenvalue weighted by atomic mass is 35.5. The van der Waals surface area contributed by atoms with Gasteiger partial charge in [0, 0.05) is 28.6 Å². The molecule has 2 rings (SSSR count). The number of carbonyl (C=O) groups excluding carboxylic acids is 2. The summed E-state index contributed by atoms with van der Waals surface area (Å²) in [4.78, 5) is 23.6. The highest BCUT2D eigenvalue weighted by Gasteiger charge is 2.07. The third-order valence-corrected chi connectivity index (χ3v) is 4.48. The zero-order valence-corrected chi connectivity index (χ0v) is 14.7. The fraction of sp³-hybridized carbons (Fsp3) is 0.222. The summed E-state index contributed by atoms with van der Waals surface area (Å²) in [5.41, 5.74) is 1.75. The van der Waals surface area contributed by atoms with Crippen molar-refractivity contribution in [1.82, 2.24) is 10.6 Å². The zero-order chi connectivity index (χ0) is 17.2. The smallest absolute Gasteiger partial charge is 0.251 e. The molecule has 2 amide bonds. The summed E-state index contributed by atoms with van der Waals surface area (Å²) in [6, 6.07) is 16.7. The average molecular weight is 363 g/mol. The molecule has 0 radical (unpaired) electrons. The van der Waals surface area contributed by atoms with Gasteiger partial charge in [-0.2, -0.15) is 11.8 Å². The van der Waals surface area contributed by atoms with Gasteiger partial charge in [0.15, 0.2) is 0 Å². The van der Waals surface area contributed by atoms with Gasteiger partial charge in [-0.15, -0.1) is 0 Å².